The van der Waals surface area contributed by atoms with Gasteiger partial charge in [-0.2, -0.15) is 0 Å². The van der Waals surface area contributed by atoms with Crippen LogP contribution in [0.15, 0.2) is 72.9 Å². The summed E-state index contributed by atoms with van der Waals surface area (Å²) in [6, 6.07) is 9.73. The van der Waals surface area contributed by atoms with E-state index in [9.17, 15) is 0 Å². The van der Waals surface area contributed by atoms with Crippen molar-refractivity contribution in [2.45, 2.75) is 75.8 Å². The van der Waals surface area contributed by atoms with Crippen molar-refractivity contribution in [1.29, 1.82) is 0 Å². The maximum absolute atomic E-state index is 6.20. The molecule has 200 valence electrons. The highest BCUT2D eigenvalue weighted by molar-refractivity contribution is 5.89. The molecule has 0 radical (unpaired) electrons. The van der Waals surface area contributed by atoms with Gasteiger partial charge in [0.1, 0.15) is 0 Å². The summed E-state index contributed by atoms with van der Waals surface area (Å²) in [7, 11) is 0. The predicted molar refractivity (Wildman–Crippen MR) is 165 cm³/mol. The van der Waals surface area contributed by atoms with Crippen molar-refractivity contribution >= 4 is 12.2 Å². The zero-order valence-electron chi connectivity index (χ0n) is 23.1. The van der Waals surface area contributed by atoms with E-state index < -0.39 is 0 Å². The summed E-state index contributed by atoms with van der Waals surface area (Å²) in [5, 5.41) is 0. The second kappa shape index (κ2) is 10.6. The van der Waals surface area contributed by atoms with Crippen molar-refractivity contribution in [3.63, 3.8) is 0 Å². The Hall–Kier alpha value is -2.94. The Morgan fingerprint density at radius 2 is 1.49 bits per heavy atom. The van der Waals surface area contributed by atoms with E-state index in [1.807, 2.05) is 0 Å². The molecule has 0 bridgehead atoms. The molecule has 5 atom stereocenters. The van der Waals surface area contributed by atoms with Crippen molar-refractivity contribution in [3.05, 3.63) is 106 Å². The lowest BCUT2D eigenvalue weighted by atomic mass is 9.68. The zero-order valence-corrected chi connectivity index (χ0v) is 23.1. The van der Waals surface area contributed by atoms with E-state index in [1.54, 1.807) is 16.7 Å². The topological polar surface area (TPSA) is 52.0 Å². The van der Waals surface area contributed by atoms with Crippen LogP contribution in [0.1, 0.15) is 90.2 Å². The fourth-order valence-corrected chi connectivity index (χ4v) is 8.33. The van der Waals surface area contributed by atoms with Gasteiger partial charge in [-0.1, -0.05) is 91.4 Å². The van der Waals surface area contributed by atoms with Crippen LogP contribution in [-0.4, -0.2) is 6.17 Å². The Bertz CT molecular complexity index is 1340. The molecule has 2 aromatic rings. The molecule has 2 aromatic carbocycles. The lowest BCUT2D eigenvalue weighted by Gasteiger charge is -2.37. The molecule has 0 heterocycles. The summed E-state index contributed by atoms with van der Waals surface area (Å²) >= 11 is 0. The fraction of sp³-hybridized carbons (Fsp3) is 0.405. The van der Waals surface area contributed by atoms with E-state index in [-0.39, 0.29) is 6.17 Å². The van der Waals surface area contributed by atoms with Gasteiger partial charge in [-0.15, -0.1) is 0 Å². The molecule has 7 rings (SSSR count). The first-order chi connectivity index (χ1) is 19.2. The van der Waals surface area contributed by atoms with Gasteiger partial charge in [0.25, 0.3) is 0 Å². The van der Waals surface area contributed by atoms with Gasteiger partial charge < -0.3 is 11.5 Å². The highest BCUT2D eigenvalue weighted by Gasteiger charge is 2.33. The first-order valence-electron chi connectivity index (χ1n) is 15.4. The third-order valence-corrected chi connectivity index (χ3v) is 10.3. The minimum atomic E-state index is -0.249. The number of fused-ring (bicyclic) bond motifs is 3. The van der Waals surface area contributed by atoms with Crippen LogP contribution in [0.5, 0.6) is 0 Å². The average Bonchev–Trinajstić information content (AvgIpc) is 2.99. The predicted octanol–water partition coefficient (Wildman–Crippen LogP) is 8.19. The van der Waals surface area contributed by atoms with Crippen LogP contribution in [0.25, 0.3) is 23.3 Å². The van der Waals surface area contributed by atoms with Gasteiger partial charge in [-0.3, -0.25) is 0 Å². The van der Waals surface area contributed by atoms with Gasteiger partial charge in [-0.05, 0) is 120 Å². The summed E-state index contributed by atoms with van der Waals surface area (Å²) in [5.41, 5.74) is 24.3. The average molecular weight is 515 g/mol. The summed E-state index contributed by atoms with van der Waals surface area (Å²) in [4.78, 5) is 0. The van der Waals surface area contributed by atoms with Gasteiger partial charge >= 0.3 is 0 Å². The second-order valence-electron chi connectivity index (χ2n) is 12.5. The molecule has 5 aliphatic carbocycles. The lowest BCUT2D eigenvalue weighted by molar-refractivity contribution is 0.290. The smallest absolute Gasteiger partial charge is 0.0553 e. The molecule has 39 heavy (non-hydrogen) atoms. The van der Waals surface area contributed by atoms with E-state index in [0.29, 0.717) is 29.6 Å². The minimum Gasteiger partial charge on any atom is -0.316 e. The van der Waals surface area contributed by atoms with Gasteiger partial charge in [-0.25, -0.2) is 0 Å². The molecule has 2 heteroatoms. The van der Waals surface area contributed by atoms with Crippen molar-refractivity contribution in [1.82, 2.24) is 0 Å². The molecule has 0 saturated heterocycles. The van der Waals surface area contributed by atoms with Gasteiger partial charge in [0.05, 0.1) is 6.17 Å². The van der Waals surface area contributed by atoms with E-state index >= 15 is 0 Å². The summed E-state index contributed by atoms with van der Waals surface area (Å²) < 4.78 is 0. The van der Waals surface area contributed by atoms with Crippen LogP contribution in [0.4, 0.5) is 0 Å². The zero-order chi connectivity index (χ0) is 26.3. The maximum atomic E-state index is 6.20. The summed E-state index contributed by atoms with van der Waals surface area (Å²) in [6.45, 7) is 0. The largest absolute Gasteiger partial charge is 0.316 e. The quantitative estimate of drug-likeness (QED) is 0.319. The maximum Gasteiger partial charge on any atom is 0.0553 e. The Morgan fingerprint density at radius 1 is 0.769 bits per heavy atom. The second-order valence-corrected chi connectivity index (χ2v) is 12.5. The van der Waals surface area contributed by atoms with Crippen molar-refractivity contribution in [2.75, 3.05) is 0 Å². The van der Waals surface area contributed by atoms with Crippen LogP contribution in [-0.2, 0) is 12.8 Å². The third-order valence-electron chi connectivity index (χ3n) is 10.3. The molecular weight excluding hydrogens is 472 g/mol. The monoisotopic (exact) mass is 514 g/mol. The summed E-state index contributed by atoms with van der Waals surface area (Å²) in [5.74, 6) is 2.74. The lowest BCUT2D eigenvalue weighted by Crippen LogP contribution is -2.40. The Balaban J connectivity index is 1.31. The SMILES string of the molecule is NC(N)C1CC=CC(c2c3c(c(-c4ccc(C5CCCC6C=CC=CC65)cc4)c4c2CCC=C4)C=CCC3)C1. The number of hydrogen-bond acceptors (Lipinski definition) is 2. The number of rotatable bonds is 4. The molecule has 5 aliphatic rings. The van der Waals surface area contributed by atoms with Crippen LogP contribution >= 0.6 is 0 Å². The van der Waals surface area contributed by atoms with E-state index in [4.69, 9.17) is 11.5 Å². The van der Waals surface area contributed by atoms with Crippen molar-refractivity contribution in [2.24, 2.45) is 29.2 Å². The number of hydrogen-bond donors (Lipinski definition) is 2. The molecule has 5 unspecified atom stereocenters. The molecule has 0 aromatic heterocycles. The van der Waals surface area contributed by atoms with E-state index in [1.165, 1.54) is 47.1 Å². The standard InChI is InChI=1S/C37H42N2/c38-37(39)28-12-7-11-27(23-28)36-33-16-5-3-14-31(33)35(32-15-4-6-17-34(32)36)26-21-19-25(20-22-26)30-18-8-10-24-9-1-2-13-29(24)30/h1-4,7,9,11,13-15,19-22,24,27-30,37H,5-6,8,10,12,16-18,23,38-39H2. The molecule has 0 spiro atoms. The van der Waals surface area contributed by atoms with Crippen LogP contribution in [0.3, 0.4) is 0 Å². The molecule has 0 amide bonds. The molecule has 4 N–H and O–H groups in total. The Morgan fingerprint density at radius 3 is 2.21 bits per heavy atom. The first kappa shape index (κ1) is 25.1. The highest BCUT2D eigenvalue weighted by Crippen LogP contribution is 2.48. The molecule has 0 aliphatic heterocycles. The molecular formula is C37H42N2. The van der Waals surface area contributed by atoms with E-state index in [2.05, 4.69) is 85.0 Å². The van der Waals surface area contributed by atoms with Gasteiger partial charge in [0.2, 0.25) is 0 Å². The minimum absolute atomic E-state index is 0.249. The summed E-state index contributed by atoms with van der Waals surface area (Å²) in [6.07, 6.45) is 34.0. The van der Waals surface area contributed by atoms with Gasteiger partial charge in [0.15, 0.2) is 0 Å². The van der Waals surface area contributed by atoms with Crippen LogP contribution < -0.4 is 11.5 Å². The Kier molecular flexibility index (Phi) is 6.78. The van der Waals surface area contributed by atoms with Crippen molar-refractivity contribution in [3.8, 4) is 11.1 Å². The molecule has 1 fully saturated rings. The van der Waals surface area contributed by atoms with Crippen LogP contribution in [0.2, 0.25) is 0 Å². The van der Waals surface area contributed by atoms with Crippen LogP contribution in [0, 0.1) is 17.8 Å². The number of nitrogens with two attached hydrogens (primary N) is 2. The van der Waals surface area contributed by atoms with E-state index in [0.717, 1.165) is 38.5 Å². The fourth-order valence-electron chi connectivity index (χ4n) is 8.33. The number of allylic oxidation sites excluding steroid dienone is 8. The molecule has 2 nitrogen and oxygen atoms in total. The van der Waals surface area contributed by atoms with Crippen molar-refractivity contribution < 1.29 is 0 Å². The molecule has 1 saturated carbocycles. The Labute approximate surface area is 234 Å². The normalized spacial score (nSPS) is 28.8. The highest BCUT2D eigenvalue weighted by atomic mass is 14.9. The number of benzene rings is 2. The van der Waals surface area contributed by atoms with Gasteiger partial charge in [0, 0.05) is 5.92 Å². The third kappa shape index (κ3) is 4.52. The first-order valence-corrected chi connectivity index (χ1v) is 15.4.